The van der Waals surface area contributed by atoms with E-state index >= 15 is 0 Å². The number of rotatable bonds is 4. The van der Waals surface area contributed by atoms with Gasteiger partial charge < -0.3 is 10.4 Å². The van der Waals surface area contributed by atoms with E-state index in [0.717, 1.165) is 6.07 Å². The summed E-state index contributed by atoms with van der Waals surface area (Å²) in [6.45, 7) is 1.77. The Morgan fingerprint density at radius 3 is 2.81 bits per heavy atom. The minimum Gasteiger partial charge on any atom is -0.480 e. The lowest BCUT2D eigenvalue weighted by Gasteiger charge is -2.34. The Hall–Kier alpha value is -2.02. The van der Waals surface area contributed by atoms with Gasteiger partial charge in [-0.2, -0.15) is 0 Å². The van der Waals surface area contributed by atoms with Crippen LogP contribution in [0.3, 0.4) is 0 Å². The molecule has 1 unspecified atom stereocenters. The molecule has 1 aliphatic heterocycles. The van der Waals surface area contributed by atoms with Crippen LogP contribution < -0.4 is 5.32 Å². The van der Waals surface area contributed by atoms with Crippen LogP contribution in [0.2, 0.25) is 0 Å². The van der Waals surface area contributed by atoms with Crippen LogP contribution in [0.15, 0.2) is 12.1 Å². The third-order valence-electron chi connectivity index (χ3n) is 3.63. The summed E-state index contributed by atoms with van der Waals surface area (Å²) in [5.74, 6) is -2.75. The van der Waals surface area contributed by atoms with Crippen molar-refractivity contribution in [2.75, 3.05) is 19.6 Å². The molecule has 2 N–H and O–H groups in total. The molecule has 1 aliphatic rings. The largest absolute Gasteiger partial charge is 0.480 e. The maximum atomic E-state index is 13.7. The molecule has 5 nitrogen and oxygen atoms in total. The minimum absolute atomic E-state index is 0.00792. The van der Waals surface area contributed by atoms with Gasteiger partial charge in [-0.05, 0) is 30.5 Å². The molecular weight excluding hydrogens is 282 g/mol. The second kappa shape index (κ2) is 6.17. The number of nitrogens with zero attached hydrogens (tertiary/aromatic N) is 1. The van der Waals surface area contributed by atoms with Crippen molar-refractivity contribution in [3.63, 3.8) is 0 Å². The number of hydrogen-bond donors (Lipinski definition) is 2. The highest BCUT2D eigenvalue weighted by molar-refractivity contribution is 5.82. The van der Waals surface area contributed by atoms with Crippen LogP contribution in [-0.2, 0) is 16.0 Å². The Kier molecular flexibility index (Phi) is 4.52. The summed E-state index contributed by atoms with van der Waals surface area (Å²) in [5.41, 5.74) is 1.01. The number of carbonyl (C=O) groups excluding carboxylic acids is 1. The summed E-state index contributed by atoms with van der Waals surface area (Å²) in [5, 5.41) is 10.8. The predicted molar refractivity (Wildman–Crippen MR) is 70.7 cm³/mol. The lowest BCUT2D eigenvalue weighted by molar-refractivity contribution is -0.138. The van der Waals surface area contributed by atoms with Gasteiger partial charge in [0, 0.05) is 18.7 Å². The average Bonchev–Trinajstić information content (AvgIpc) is 2.40. The Bertz CT molecular complexity index is 578. The van der Waals surface area contributed by atoms with Gasteiger partial charge >= 0.3 is 5.97 Å². The van der Waals surface area contributed by atoms with Gasteiger partial charge in [0.15, 0.2) is 0 Å². The molecule has 1 atom stereocenters. The Morgan fingerprint density at radius 1 is 1.43 bits per heavy atom. The highest BCUT2D eigenvalue weighted by Crippen LogP contribution is 2.31. The van der Waals surface area contributed by atoms with E-state index in [2.05, 4.69) is 5.32 Å². The first-order chi connectivity index (χ1) is 9.88. The van der Waals surface area contributed by atoms with Gasteiger partial charge in [0.05, 0.1) is 6.54 Å². The van der Waals surface area contributed by atoms with Gasteiger partial charge in [-0.3, -0.25) is 14.5 Å². The number of aliphatic carboxylic acids is 1. The number of hydrogen-bond acceptors (Lipinski definition) is 3. The Labute approximate surface area is 120 Å². The molecule has 1 aromatic carbocycles. The maximum Gasteiger partial charge on any atom is 0.322 e. The highest BCUT2D eigenvalue weighted by atomic mass is 19.1. The summed E-state index contributed by atoms with van der Waals surface area (Å²) in [6.07, 6.45) is 0.387. The van der Waals surface area contributed by atoms with Crippen LogP contribution in [-0.4, -0.2) is 41.5 Å². The van der Waals surface area contributed by atoms with E-state index in [9.17, 15) is 18.4 Å². The molecule has 1 aromatic rings. The number of carbonyl (C=O) groups is 2. The Morgan fingerprint density at radius 2 is 2.14 bits per heavy atom. The van der Waals surface area contributed by atoms with E-state index in [4.69, 9.17) is 5.11 Å². The summed E-state index contributed by atoms with van der Waals surface area (Å²) in [7, 11) is 0. The molecule has 0 spiro atoms. The van der Waals surface area contributed by atoms with Crippen molar-refractivity contribution in [1.82, 2.24) is 10.2 Å². The molecular formula is C14H16F2N2O3. The molecule has 0 aliphatic carbocycles. The van der Waals surface area contributed by atoms with E-state index in [-0.39, 0.29) is 12.6 Å². The van der Waals surface area contributed by atoms with Crippen LogP contribution in [0.4, 0.5) is 8.78 Å². The van der Waals surface area contributed by atoms with Gasteiger partial charge in [0.2, 0.25) is 5.91 Å². The summed E-state index contributed by atoms with van der Waals surface area (Å²) >= 11 is 0. The van der Waals surface area contributed by atoms with Crippen molar-refractivity contribution in [1.29, 1.82) is 0 Å². The van der Waals surface area contributed by atoms with Gasteiger partial charge in [0.1, 0.15) is 18.2 Å². The van der Waals surface area contributed by atoms with Gasteiger partial charge in [-0.25, -0.2) is 8.78 Å². The van der Waals surface area contributed by atoms with Crippen molar-refractivity contribution in [3.05, 3.63) is 34.9 Å². The molecule has 21 heavy (non-hydrogen) atoms. The molecule has 0 fully saturated rings. The number of carboxylic acids is 1. The van der Waals surface area contributed by atoms with Crippen molar-refractivity contribution in [2.24, 2.45) is 0 Å². The van der Waals surface area contributed by atoms with Crippen LogP contribution in [0.25, 0.3) is 0 Å². The molecule has 114 valence electrons. The third-order valence-corrected chi connectivity index (χ3v) is 3.63. The van der Waals surface area contributed by atoms with Gasteiger partial charge in [-0.15, -0.1) is 0 Å². The number of nitrogens with one attached hydrogen (secondary N) is 1. The van der Waals surface area contributed by atoms with Gasteiger partial charge in [-0.1, -0.05) is 0 Å². The van der Waals surface area contributed by atoms with E-state index in [1.54, 1.807) is 11.8 Å². The summed E-state index contributed by atoms with van der Waals surface area (Å²) in [4.78, 5) is 23.8. The molecule has 0 saturated carbocycles. The lowest BCUT2D eigenvalue weighted by Crippen LogP contribution is -2.43. The number of fused-ring (bicyclic) bond motifs is 1. The van der Waals surface area contributed by atoms with Crippen LogP contribution >= 0.6 is 0 Å². The van der Waals surface area contributed by atoms with E-state index in [0.29, 0.717) is 24.1 Å². The fourth-order valence-electron chi connectivity index (χ4n) is 2.54. The second-order valence-corrected chi connectivity index (χ2v) is 5.02. The quantitative estimate of drug-likeness (QED) is 0.873. The smallest absolute Gasteiger partial charge is 0.322 e. The predicted octanol–water partition coefficient (Wildman–Crippen LogP) is 1.08. The van der Waals surface area contributed by atoms with Crippen molar-refractivity contribution in [2.45, 2.75) is 19.4 Å². The molecule has 1 amide bonds. The van der Waals surface area contributed by atoms with Crippen molar-refractivity contribution >= 4 is 11.9 Å². The molecule has 0 saturated heterocycles. The Balaban J connectivity index is 2.08. The first-order valence-corrected chi connectivity index (χ1v) is 6.59. The van der Waals surface area contributed by atoms with Crippen LogP contribution in [0, 0.1) is 11.6 Å². The van der Waals surface area contributed by atoms with E-state index in [1.807, 2.05) is 0 Å². The first kappa shape index (κ1) is 15.4. The standard InChI is InChI=1S/C14H16F2N2O3/c1-8-11-4-9(15)5-12(16)10(11)2-3-18(8)7-13(19)17-6-14(20)21/h4-5,8H,2-3,6-7H2,1H3,(H,17,19)(H,20,21). The van der Waals surface area contributed by atoms with E-state index in [1.165, 1.54) is 6.07 Å². The SMILES string of the molecule is CC1c2cc(F)cc(F)c2CCN1CC(=O)NCC(=O)O. The zero-order valence-electron chi connectivity index (χ0n) is 11.5. The third kappa shape index (κ3) is 3.55. The minimum atomic E-state index is -1.12. The normalized spacial score (nSPS) is 18.1. The lowest BCUT2D eigenvalue weighted by atomic mass is 9.93. The second-order valence-electron chi connectivity index (χ2n) is 5.02. The van der Waals surface area contributed by atoms with Gasteiger partial charge in [0.25, 0.3) is 0 Å². The molecule has 2 rings (SSSR count). The zero-order chi connectivity index (χ0) is 15.6. The van der Waals surface area contributed by atoms with Crippen LogP contribution in [0.5, 0.6) is 0 Å². The molecule has 0 bridgehead atoms. The van der Waals surface area contributed by atoms with Crippen LogP contribution in [0.1, 0.15) is 24.1 Å². The van der Waals surface area contributed by atoms with Crippen molar-refractivity contribution < 1.29 is 23.5 Å². The molecule has 7 heteroatoms. The van der Waals surface area contributed by atoms with E-state index < -0.39 is 30.1 Å². The monoisotopic (exact) mass is 298 g/mol. The van der Waals surface area contributed by atoms with Crippen molar-refractivity contribution in [3.8, 4) is 0 Å². The number of halogens is 2. The summed E-state index contributed by atoms with van der Waals surface area (Å²) < 4.78 is 27.0. The fourth-order valence-corrected chi connectivity index (χ4v) is 2.54. The number of carboxylic acid groups (broad SMARTS) is 1. The maximum absolute atomic E-state index is 13.7. The molecule has 1 heterocycles. The molecule has 0 radical (unpaired) electrons. The number of amides is 1. The average molecular weight is 298 g/mol. The summed E-state index contributed by atoms with van der Waals surface area (Å²) in [6, 6.07) is 1.83. The number of benzene rings is 1. The fraction of sp³-hybridized carbons (Fsp3) is 0.429. The highest BCUT2D eigenvalue weighted by Gasteiger charge is 2.28. The first-order valence-electron chi connectivity index (χ1n) is 6.59. The molecule has 0 aromatic heterocycles. The zero-order valence-corrected chi connectivity index (χ0v) is 11.5. The topological polar surface area (TPSA) is 69.6 Å².